The van der Waals surface area contributed by atoms with E-state index in [-0.39, 0.29) is 18.4 Å². The molecule has 0 aliphatic rings. The summed E-state index contributed by atoms with van der Waals surface area (Å²) < 4.78 is 57.6. The maximum Gasteiger partial charge on any atom is 0.276 e. The molecule has 0 fully saturated rings. The molecule has 0 atom stereocenters. The molecule has 0 bridgehead atoms. The maximum absolute atomic E-state index is 13.7. The van der Waals surface area contributed by atoms with Gasteiger partial charge in [0.1, 0.15) is 12.4 Å². The van der Waals surface area contributed by atoms with Crippen LogP contribution in [0.2, 0.25) is 0 Å². The highest BCUT2D eigenvalue weighted by molar-refractivity contribution is 9.10. The molecule has 3 rings (SSSR count). The van der Waals surface area contributed by atoms with Gasteiger partial charge in [-0.25, -0.2) is 22.2 Å². The van der Waals surface area contributed by atoms with Gasteiger partial charge in [0.15, 0.2) is 29.0 Å². The summed E-state index contributed by atoms with van der Waals surface area (Å²) in [4.78, 5) is 12.1. The van der Waals surface area contributed by atoms with E-state index in [4.69, 9.17) is 0 Å². The van der Waals surface area contributed by atoms with E-state index in [0.29, 0.717) is 0 Å². The number of nitrogens with one attached hydrogen (secondary N) is 1. The Bertz CT molecular complexity index is 1020. The summed E-state index contributed by atoms with van der Waals surface area (Å²) in [7, 11) is 0. The van der Waals surface area contributed by atoms with Gasteiger partial charge in [-0.3, -0.25) is 9.48 Å². The number of anilines is 1. The van der Waals surface area contributed by atoms with Crippen LogP contribution in [0.4, 0.5) is 23.2 Å². The lowest BCUT2D eigenvalue weighted by Crippen LogP contribution is -2.18. The van der Waals surface area contributed by atoms with Crippen LogP contribution in [-0.4, -0.2) is 25.5 Å². The van der Waals surface area contributed by atoms with Gasteiger partial charge in [0.2, 0.25) is 0 Å². The largest absolute Gasteiger partial charge is 0.315 e. The second-order valence-electron chi connectivity index (χ2n) is 5.66. The molecule has 0 spiro atoms. The molecular formula is C16H12BrF4N5O. The van der Waals surface area contributed by atoms with Crippen molar-refractivity contribution in [3.8, 4) is 0 Å². The lowest BCUT2D eigenvalue weighted by molar-refractivity contribution is 0.102. The second kappa shape index (κ2) is 7.14. The molecule has 11 heteroatoms. The second-order valence-corrected chi connectivity index (χ2v) is 6.46. The zero-order valence-corrected chi connectivity index (χ0v) is 15.6. The molecule has 6 nitrogen and oxygen atoms in total. The lowest BCUT2D eigenvalue weighted by atomic mass is 10.2. The highest BCUT2D eigenvalue weighted by Crippen LogP contribution is 2.24. The number of rotatable bonds is 4. The first kappa shape index (κ1) is 19.1. The van der Waals surface area contributed by atoms with Gasteiger partial charge in [0.25, 0.3) is 5.91 Å². The van der Waals surface area contributed by atoms with Crippen LogP contribution in [0.3, 0.4) is 0 Å². The van der Waals surface area contributed by atoms with Crippen molar-refractivity contribution < 1.29 is 22.4 Å². The van der Waals surface area contributed by atoms with Crippen molar-refractivity contribution in [1.29, 1.82) is 0 Å². The molecule has 142 valence electrons. The van der Waals surface area contributed by atoms with E-state index in [9.17, 15) is 22.4 Å². The molecule has 1 N–H and O–H groups in total. The van der Waals surface area contributed by atoms with Crippen LogP contribution in [0.15, 0.2) is 22.8 Å². The lowest BCUT2D eigenvalue weighted by Gasteiger charge is -2.08. The van der Waals surface area contributed by atoms with Gasteiger partial charge in [-0.05, 0) is 35.8 Å². The third-order valence-electron chi connectivity index (χ3n) is 3.80. The maximum atomic E-state index is 13.7. The Morgan fingerprint density at radius 1 is 1.15 bits per heavy atom. The Balaban J connectivity index is 1.81. The van der Waals surface area contributed by atoms with E-state index < -0.39 is 34.9 Å². The molecule has 27 heavy (non-hydrogen) atoms. The van der Waals surface area contributed by atoms with Gasteiger partial charge >= 0.3 is 0 Å². The first-order valence-electron chi connectivity index (χ1n) is 7.56. The monoisotopic (exact) mass is 445 g/mol. The smallest absolute Gasteiger partial charge is 0.276 e. The number of carbonyl (C=O) groups excluding carboxylic acids is 1. The minimum atomic E-state index is -1.70. The Morgan fingerprint density at radius 2 is 1.78 bits per heavy atom. The van der Waals surface area contributed by atoms with E-state index >= 15 is 0 Å². The molecule has 1 aromatic carbocycles. The minimum Gasteiger partial charge on any atom is -0.315 e. The van der Waals surface area contributed by atoms with Crippen molar-refractivity contribution in [2.75, 3.05) is 5.32 Å². The van der Waals surface area contributed by atoms with E-state index in [2.05, 4.69) is 26.1 Å². The fourth-order valence-electron chi connectivity index (χ4n) is 2.37. The average Bonchev–Trinajstić information content (AvgIpc) is 3.18. The normalized spacial score (nSPS) is 11.1. The number of hydrogen-bond acceptors (Lipinski definition) is 3. The number of nitrogens with zero attached hydrogens (tertiary/aromatic N) is 4. The summed E-state index contributed by atoms with van der Waals surface area (Å²) in [6.07, 6.45) is 1.46. The number of halogens is 5. The molecule has 2 heterocycles. The molecule has 3 aromatic rings. The van der Waals surface area contributed by atoms with Crippen LogP contribution in [-0.2, 0) is 6.67 Å². The SMILES string of the molecule is Cc1nn(Cn2ccc(C(=O)Nc3c(F)c(F)cc(F)c3F)n2)c(C)c1Br. The molecule has 2 aromatic heterocycles. The van der Waals surface area contributed by atoms with E-state index in [1.165, 1.54) is 16.9 Å². The fraction of sp³-hybridized carbons (Fsp3) is 0.188. The van der Waals surface area contributed by atoms with E-state index in [1.54, 1.807) is 10.00 Å². The number of aryl methyl sites for hydroxylation is 1. The predicted octanol–water partition coefficient (Wildman–Crippen LogP) is 3.77. The van der Waals surface area contributed by atoms with Crippen molar-refractivity contribution in [2.45, 2.75) is 20.5 Å². The Kier molecular flexibility index (Phi) is 5.05. The van der Waals surface area contributed by atoms with Gasteiger partial charge in [-0.1, -0.05) is 0 Å². The van der Waals surface area contributed by atoms with Gasteiger partial charge in [0, 0.05) is 12.3 Å². The first-order chi connectivity index (χ1) is 12.7. The van der Waals surface area contributed by atoms with E-state index in [0.717, 1.165) is 15.9 Å². The van der Waals surface area contributed by atoms with Gasteiger partial charge < -0.3 is 5.32 Å². The Hall–Kier alpha value is -2.69. The predicted molar refractivity (Wildman–Crippen MR) is 91.3 cm³/mol. The summed E-state index contributed by atoms with van der Waals surface area (Å²) in [5, 5.41) is 10.1. The number of benzene rings is 1. The van der Waals surface area contributed by atoms with E-state index in [1.807, 2.05) is 13.8 Å². The zero-order chi connectivity index (χ0) is 19.9. The Morgan fingerprint density at radius 3 is 2.33 bits per heavy atom. The zero-order valence-electron chi connectivity index (χ0n) is 14.0. The summed E-state index contributed by atoms with van der Waals surface area (Å²) >= 11 is 3.39. The summed E-state index contributed by atoms with van der Waals surface area (Å²) in [6, 6.07) is 1.35. The minimum absolute atomic E-state index is 0.0571. The highest BCUT2D eigenvalue weighted by atomic mass is 79.9. The third kappa shape index (κ3) is 3.59. The van der Waals surface area contributed by atoms with Crippen molar-refractivity contribution >= 4 is 27.5 Å². The topological polar surface area (TPSA) is 64.7 Å². The molecule has 0 aliphatic heterocycles. The van der Waals surface area contributed by atoms with Crippen molar-refractivity contribution in [3.05, 3.63) is 63.2 Å². The number of aromatic nitrogens is 4. The molecule has 0 saturated heterocycles. The quantitative estimate of drug-likeness (QED) is 0.490. The van der Waals surface area contributed by atoms with Crippen LogP contribution in [0.25, 0.3) is 0 Å². The van der Waals surface area contributed by atoms with Crippen LogP contribution in [0.1, 0.15) is 21.9 Å². The van der Waals surface area contributed by atoms with Gasteiger partial charge in [0.05, 0.1) is 15.9 Å². The molecule has 0 unspecified atom stereocenters. The average molecular weight is 446 g/mol. The Labute approximate surface area is 158 Å². The van der Waals surface area contributed by atoms with Crippen molar-refractivity contribution in [3.63, 3.8) is 0 Å². The van der Waals surface area contributed by atoms with Crippen molar-refractivity contribution in [2.24, 2.45) is 0 Å². The first-order valence-corrected chi connectivity index (χ1v) is 8.35. The van der Waals surface area contributed by atoms with Crippen LogP contribution in [0.5, 0.6) is 0 Å². The summed E-state index contributed by atoms with van der Waals surface area (Å²) in [6.45, 7) is 3.84. The molecule has 0 radical (unpaired) electrons. The summed E-state index contributed by atoms with van der Waals surface area (Å²) in [5.41, 5.74) is 0.207. The fourth-order valence-corrected chi connectivity index (χ4v) is 2.66. The molecule has 0 aliphatic carbocycles. The number of carbonyl (C=O) groups is 1. The number of amides is 1. The molecular weight excluding hydrogens is 434 g/mol. The standard InChI is InChI=1S/C16H12BrF4N5O/c1-7-12(17)8(2)26(23-7)6-25-4-3-11(24-25)16(27)22-15-13(20)9(18)5-10(19)14(15)21/h3-5H,6H2,1-2H3,(H,22,27). The van der Waals surface area contributed by atoms with Gasteiger partial charge in [-0.2, -0.15) is 10.2 Å². The molecule has 1 amide bonds. The van der Waals surface area contributed by atoms with Crippen LogP contribution in [0, 0.1) is 37.1 Å². The van der Waals surface area contributed by atoms with Crippen molar-refractivity contribution in [1.82, 2.24) is 19.6 Å². The van der Waals surface area contributed by atoms with Crippen LogP contribution < -0.4 is 5.32 Å². The van der Waals surface area contributed by atoms with Gasteiger partial charge in [-0.15, -0.1) is 0 Å². The third-order valence-corrected chi connectivity index (χ3v) is 4.94. The summed E-state index contributed by atoms with van der Waals surface area (Å²) in [5.74, 6) is -7.66. The molecule has 0 saturated carbocycles. The number of hydrogen-bond donors (Lipinski definition) is 1. The highest BCUT2D eigenvalue weighted by Gasteiger charge is 2.22. The van der Waals surface area contributed by atoms with Crippen LogP contribution >= 0.6 is 15.9 Å².